The van der Waals surface area contributed by atoms with E-state index in [1.54, 1.807) is 0 Å². The molecule has 3 rings (SSSR count). The largest absolute Gasteiger partial charge is 0.452 e. The van der Waals surface area contributed by atoms with Crippen molar-refractivity contribution in [2.45, 2.75) is 11.5 Å². The molecule has 0 aliphatic carbocycles. The van der Waals surface area contributed by atoms with Crippen molar-refractivity contribution in [2.75, 3.05) is 6.26 Å². The van der Waals surface area contributed by atoms with Crippen LogP contribution in [0.2, 0.25) is 0 Å². The van der Waals surface area contributed by atoms with Crippen molar-refractivity contribution < 1.29 is 26.9 Å². The predicted molar refractivity (Wildman–Crippen MR) is 88.4 cm³/mol. The molecule has 0 spiro atoms. The number of carbonyl (C=O) groups is 1. The average molecular weight is 376 g/mol. The van der Waals surface area contributed by atoms with Gasteiger partial charge in [0.05, 0.1) is 10.5 Å². The lowest BCUT2D eigenvalue weighted by Crippen LogP contribution is -2.11. The Labute approximate surface area is 148 Å². The molecule has 1 aromatic heterocycles. The minimum atomic E-state index is -3.58. The van der Waals surface area contributed by atoms with Crippen molar-refractivity contribution in [2.24, 2.45) is 0 Å². The lowest BCUT2D eigenvalue weighted by molar-refractivity contribution is 0.0425. The molecule has 0 atom stereocenters. The van der Waals surface area contributed by atoms with Gasteiger partial charge in [-0.25, -0.2) is 17.6 Å². The average Bonchev–Trinajstić information content (AvgIpc) is 3.08. The van der Waals surface area contributed by atoms with Crippen molar-refractivity contribution in [1.29, 1.82) is 0 Å². The number of aromatic nitrogens is 2. The van der Waals surface area contributed by atoms with Gasteiger partial charge in [0, 0.05) is 11.8 Å². The Morgan fingerprint density at radius 3 is 2.54 bits per heavy atom. The molecule has 0 aliphatic rings. The van der Waals surface area contributed by atoms with E-state index in [2.05, 4.69) is 10.1 Å². The van der Waals surface area contributed by atoms with Gasteiger partial charge in [0.15, 0.2) is 16.4 Å². The molecule has 0 radical (unpaired) electrons. The molecule has 0 saturated carbocycles. The first-order chi connectivity index (χ1) is 12.3. The molecule has 3 aromatic rings. The van der Waals surface area contributed by atoms with Crippen molar-refractivity contribution in [3.8, 4) is 11.4 Å². The first-order valence-electron chi connectivity index (χ1n) is 7.39. The topological polar surface area (TPSA) is 99.4 Å². The fraction of sp³-hybridized carbons (Fsp3) is 0.118. The molecule has 0 bridgehead atoms. The summed E-state index contributed by atoms with van der Waals surface area (Å²) in [5.74, 6) is -0.981. The second-order valence-corrected chi connectivity index (χ2v) is 7.35. The second-order valence-electron chi connectivity index (χ2n) is 5.36. The predicted octanol–water partition coefficient (Wildman–Crippen LogP) is 2.64. The van der Waals surface area contributed by atoms with Gasteiger partial charge in [0.25, 0.3) is 5.89 Å². The van der Waals surface area contributed by atoms with Crippen molar-refractivity contribution in [3.63, 3.8) is 0 Å². The minimum absolute atomic E-state index is 0.0227. The van der Waals surface area contributed by atoms with Gasteiger partial charge in [-0.2, -0.15) is 4.98 Å². The Morgan fingerprint density at radius 1 is 1.15 bits per heavy atom. The molecule has 0 N–H and O–H groups in total. The van der Waals surface area contributed by atoms with Crippen LogP contribution in [0.4, 0.5) is 4.39 Å². The summed E-state index contributed by atoms with van der Waals surface area (Å²) < 4.78 is 46.5. The number of hydrogen-bond donors (Lipinski definition) is 0. The summed E-state index contributed by atoms with van der Waals surface area (Å²) in [5, 5.41) is 3.73. The molecular formula is C17H13FN2O5S. The van der Waals surface area contributed by atoms with E-state index in [-0.39, 0.29) is 28.8 Å². The van der Waals surface area contributed by atoms with Gasteiger partial charge in [0.1, 0.15) is 5.82 Å². The van der Waals surface area contributed by atoms with Crippen LogP contribution in [0.1, 0.15) is 16.2 Å². The van der Waals surface area contributed by atoms with E-state index in [1.165, 1.54) is 48.5 Å². The van der Waals surface area contributed by atoms with Gasteiger partial charge in [0.2, 0.25) is 5.82 Å². The molecule has 9 heteroatoms. The number of nitrogens with zero attached hydrogens (tertiary/aromatic N) is 2. The first-order valence-corrected chi connectivity index (χ1v) is 9.28. The lowest BCUT2D eigenvalue weighted by atomic mass is 10.2. The molecule has 2 aromatic carbocycles. The Morgan fingerprint density at radius 2 is 1.85 bits per heavy atom. The lowest BCUT2D eigenvalue weighted by Gasteiger charge is -2.06. The third-order valence-corrected chi connectivity index (χ3v) is 4.56. The van der Waals surface area contributed by atoms with Crippen LogP contribution in [0.15, 0.2) is 57.9 Å². The standard InChI is InChI=1S/C17H13FN2O5S/c1-26(22,23)14-5-3-2-4-13(14)17(21)24-10-15-19-16(20-25-15)11-6-8-12(18)9-7-11/h2-9H,10H2,1H3. The summed E-state index contributed by atoms with van der Waals surface area (Å²) in [6.07, 6.45) is 1.01. The highest BCUT2D eigenvalue weighted by Crippen LogP contribution is 2.18. The Hall–Kier alpha value is -3.07. The number of sulfone groups is 1. The van der Waals surface area contributed by atoms with Gasteiger partial charge < -0.3 is 9.26 Å². The minimum Gasteiger partial charge on any atom is -0.452 e. The smallest absolute Gasteiger partial charge is 0.339 e. The molecule has 0 saturated heterocycles. The van der Waals surface area contributed by atoms with Crippen LogP contribution < -0.4 is 0 Å². The molecule has 0 unspecified atom stereocenters. The molecule has 7 nitrogen and oxygen atoms in total. The van der Waals surface area contributed by atoms with Crippen molar-refractivity contribution >= 4 is 15.8 Å². The summed E-state index contributed by atoms with van der Waals surface area (Å²) in [6.45, 7) is -0.328. The number of halogens is 1. The first kappa shape index (κ1) is 17.7. The zero-order valence-corrected chi connectivity index (χ0v) is 14.4. The Balaban J connectivity index is 1.72. The van der Waals surface area contributed by atoms with E-state index < -0.39 is 21.6 Å². The number of hydrogen-bond acceptors (Lipinski definition) is 7. The van der Waals surface area contributed by atoms with Crippen LogP contribution in [0, 0.1) is 5.82 Å². The molecule has 1 heterocycles. The maximum Gasteiger partial charge on any atom is 0.339 e. The number of esters is 1. The fourth-order valence-electron chi connectivity index (χ4n) is 2.19. The highest BCUT2D eigenvalue weighted by Gasteiger charge is 2.20. The number of ether oxygens (including phenoxy) is 1. The van der Waals surface area contributed by atoms with E-state index in [0.717, 1.165) is 6.26 Å². The summed E-state index contributed by atoms with van der Waals surface area (Å²) in [4.78, 5) is 16.1. The molecule has 0 fully saturated rings. The summed E-state index contributed by atoms with van der Waals surface area (Å²) in [5.41, 5.74) is 0.462. The zero-order valence-electron chi connectivity index (χ0n) is 13.5. The van der Waals surface area contributed by atoms with Crippen molar-refractivity contribution in [1.82, 2.24) is 10.1 Å². The van der Waals surface area contributed by atoms with Crippen molar-refractivity contribution in [3.05, 3.63) is 65.8 Å². The molecule has 134 valence electrons. The Bertz CT molecular complexity index is 1050. The van der Waals surface area contributed by atoms with E-state index in [0.29, 0.717) is 5.56 Å². The van der Waals surface area contributed by atoms with Crippen LogP contribution >= 0.6 is 0 Å². The highest BCUT2D eigenvalue weighted by molar-refractivity contribution is 7.90. The van der Waals surface area contributed by atoms with E-state index in [1.807, 2.05) is 0 Å². The van der Waals surface area contributed by atoms with Crippen LogP contribution in [-0.4, -0.2) is 30.8 Å². The van der Waals surface area contributed by atoms with Crippen LogP contribution in [0.5, 0.6) is 0 Å². The summed E-state index contributed by atoms with van der Waals surface area (Å²) >= 11 is 0. The maximum absolute atomic E-state index is 12.9. The van der Waals surface area contributed by atoms with E-state index in [4.69, 9.17) is 9.26 Å². The zero-order chi connectivity index (χ0) is 18.7. The molecule has 0 amide bonds. The third-order valence-electron chi connectivity index (χ3n) is 3.40. The molecular weight excluding hydrogens is 363 g/mol. The number of benzene rings is 2. The van der Waals surface area contributed by atoms with Gasteiger partial charge in [-0.3, -0.25) is 0 Å². The van der Waals surface area contributed by atoms with Gasteiger partial charge in [-0.05, 0) is 36.4 Å². The summed E-state index contributed by atoms with van der Waals surface area (Å²) in [6, 6.07) is 11.2. The summed E-state index contributed by atoms with van der Waals surface area (Å²) in [7, 11) is -3.58. The van der Waals surface area contributed by atoms with Gasteiger partial charge in [-0.15, -0.1) is 0 Å². The van der Waals surface area contributed by atoms with E-state index >= 15 is 0 Å². The maximum atomic E-state index is 12.9. The second kappa shape index (κ2) is 7.04. The fourth-order valence-corrected chi connectivity index (χ4v) is 3.07. The Kier molecular flexibility index (Phi) is 4.81. The highest BCUT2D eigenvalue weighted by atomic mass is 32.2. The molecule has 0 aliphatic heterocycles. The monoisotopic (exact) mass is 376 g/mol. The van der Waals surface area contributed by atoms with E-state index in [9.17, 15) is 17.6 Å². The third kappa shape index (κ3) is 3.94. The number of carbonyl (C=O) groups excluding carboxylic acids is 1. The SMILES string of the molecule is CS(=O)(=O)c1ccccc1C(=O)OCc1nc(-c2ccc(F)cc2)no1. The quantitative estimate of drug-likeness (QED) is 0.631. The van der Waals surface area contributed by atoms with Gasteiger partial charge >= 0.3 is 5.97 Å². The van der Waals surface area contributed by atoms with Gasteiger partial charge in [-0.1, -0.05) is 17.3 Å². The number of rotatable bonds is 5. The van der Waals surface area contributed by atoms with Crippen LogP contribution in [0.25, 0.3) is 11.4 Å². The van der Waals surface area contributed by atoms with Crippen LogP contribution in [0.3, 0.4) is 0 Å². The molecule has 26 heavy (non-hydrogen) atoms. The normalized spacial score (nSPS) is 11.3. The van der Waals surface area contributed by atoms with Crippen LogP contribution in [-0.2, 0) is 21.2 Å².